The summed E-state index contributed by atoms with van der Waals surface area (Å²) in [6.45, 7) is 8.15. The summed E-state index contributed by atoms with van der Waals surface area (Å²) in [6, 6.07) is 6.74. The number of carboxylic acid groups (broad SMARTS) is 1. The van der Waals surface area contributed by atoms with Crippen molar-refractivity contribution >= 4 is 11.5 Å². The van der Waals surface area contributed by atoms with Crippen molar-refractivity contribution < 1.29 is 14.6 Å². The minimum absolute atomic E-state index is 0.169. The fraction of sp³-hybridized carbons (Fsp3) is 0.536. The molecule has 31 heavy (non-hydrogen) atoms. The van der Waals surface area contributed by atoms with E-state index in [0.29, 0.717) is 0 Å². The highest BCUT2D eigenvalue weighted by molar-refractivity contribution is 5.81. The zero-order valence-electron chi connectivity index (χ0n) is 19.4. The van der Waals surface area contributed by atoms with Crippen molar-refractivity contribution in [2.24, 2.45) is 17.8 Å². The minimum Gasteiger partial charge on any atom is -0.491 e. The number of benzene rings is 1. The van der Waals surface area contributed by atoms with Crippen LogP contribution in [0.25, 0.3) is 5.57 Å². The summed E-state index contributed by atoms with van der Waals surface area (Å²) in [5, 5.41) is 8.87. The molecule has 4 aliphatic carbocycles. The standard InChI is InChI=1S/C28H36O3/c1-18(2)31-26-9-8-24(20(4)7-5-6-19(3)10-27(29)30)14-25(26)28-15-21-11-22(16-28)13-23(12-21)17-28/h5-10,14,18,21-23H,11-13,15-17H2,1-4H3,(H,29,30). The van der Waals surface area contributed by atoms with Gasteiger partial charge in [0.05, 0.1) is 6.10 Å². The Morgan fingerprint density at radius 2 is 1.71 bits per heavy atom. The van der Waals surface area contributed by atoms with Crippen molar-refractivity contribution in [3.05, 3.63) is 59.2 Å². The molecule has 3 heteroatoms. The average molecular weight is 421 g/mol. The lowest BCUT2D eigenvalue weighted by molar-refractivity contribution is -0.131. The number of allylic oxidation sites excluding steroid dienone is 5. The Hall–Kier alpha value is -2.29. The first-order valence-electron chi connectivity index (χ1n) is 11.8. The van der Waals surface area contributed by atoms with E-state index in [9.17, 15) is 4.79 Å². The Kier molecular flexibility index (Phi) is 6.14. The SMILES string of the molecule is CC(C=CC=C(C)c1ccc(OC(C)C)c(C23CC4CC(CC(C4)C2)C3)c1)=CC(=O)O. The summed E-state index contributed by atoms with van der Waals surface area (Å²) in [7, 11) is 0. The molecule has 4 aliphatic rings. The van der Waals surface area contributed by atoms with E-state index in [4.69, 9.17) is 9.84 Å². The van der Waals surface area contributed by atoms with Crippen LogP contribution >= 0.6 is 0 Å². The van der Waals surface area contributed by atoms with Crippen LogP contribution < -0.4 is 4.74 Å². The molecule has 0 amide bonds. The highest BCUT2D eigenvalue weighted by Crippen LogP contribution is 2.62. The maximum atomic E-state index is 10.8. The number of ether oxygens (including phenoxy) is 1. The van der Waals surface area contributed by atoms with Gasteiger partial charge in [-0.15, -0.1) is 0 Å². The summed E-state index contributed by atoms with van der Waals surface area (Å²) in [6.07, 6.45) is 15.5. The molecular formula is C28H36O3. The molecule has 0 aliphatic heterocycles. The Labute approximate surface area is 186 Å². The smallest absolute Gasteiger partial charge is 0.328 e. The molecule has 0 heterocycles. The molecule has 3 nitrogen and oxygen atoms in total. The lowest BCUT2D eigenvalue weighted by Gasteiger charge is -2.57. The normalized spacial score (nSPS) is 30.4. The third-order valence-corrected chi connectivity index (χ3v) is 7.46. The number of hydrogen-bond acceptors (Lipinski definition) is 2. The summed E-state index contributed by atoms with van der Waals surface area (Å²) < 4.78 is 6.32. The van der Waals surface area contributed by atoms with Crippen LogP contribution in [0.2, 0.25) is 0 Å². The fourth-order valence-electron chi connectivity index (χ4n) is 6.67. The van der Waals surface area contributed by atoms with E-state index < -0.39 is 5.97 Å². The van der Waals surface area contributed by atoms with Gasteiger partial charge in [-0.25, -0.2) is 4.79 Å². The summed E-state index contributed by atoms with van der Waals surface area (Å²) in [4.78, 5) is 10.8. The van der Waals surface area contributed by atoms with Crippen LogP contribution in [0.4, 0.5) is 0 Å². The van der Waals surface area contributed by atoms with Crippen LogP contribution in [-0.2, 0) is 10.2 Å². The fourth-order valence-corrected chi connectivity index (χ4v) is 6.67. The van der Waals surface area contributed by atoms with Gasteiger partial charge in [0, 0.05) is 11.6 Å². The molecule has 0 aromatic heterocycles. The molecule has 1 aromatic rings. The van der Waals surface area contributed by atoms with Crippen LogP contribution in [0, 0.1) is 17.8 Å². The van der Waals surface area contributed by atoms with Crippen LogP contribution in [0.15, 0.2) is 48.1 Å². The van der Waals surface area contributed by atoms with Gasteiger partial charge in [-0.1, -0.05) is 24.3 Å². The lowest BCUT2D eigenvalue weighted by Crippen LogP contribution is -2.48. The molecule has 4 saturated carbocycles. The second-order valence-electron chi connectivity index (χ2n) is 10.5. The Morgan fingerprint density at radius 3 is 2.26 bits per heavy atom. The van der Waals surface area contributed by atoms with Crippen molar-refractivity contribution in [2.75, 3.05) is 0 Å². The van der Waals surface area contributed by atoms with E-state index in [2.05, 4.69) is 45.0 Å². The van der Waals surface area contributed by atoms with Crippen LogP contribution in [0.5, 0.6) is 5.75 Å². The maximum Gasteiger partial charge on any atom is 0.328 e. The maximum absolute atomic E-state index is 10.8. The van der Waals surface area contributed by atoms with Crippen molar-refractivity contribution in [1.82, 2.24) is 0 Å². The first-order valence-corrected chi connectivity index (χ1v) is 11.8. The van der Waals surface area contributed by atoms with Crippen LogP contribution in [0.3, 0.4) is 0 Å². The van der Waals surface area contributed by atoms with Gasteiger partial charge in [0.15, 0.2) is 0 Å². The molecule has 1 N–H and O–H groups in total. The summed E-state index contributed by atoms with van der Waals surface area (Å²) in [5.74, 6) is 2.84. The molecule has 0 spiro atoms. The first-order chi connectivity index (χ1) is 14.7. The molecule has 0 atom stereocenters. The van der Waals surface area contributed by atoms with Gasteiger partial charge in [0.2, 0.25) is 0 Å². The predicted molar refractivity (Wildman–Crippen MR) is 126 cm³/mol. The monoisotopic (exact) mass is 420 g/mol. The van der Waals surface area contributed by atoms with E-state index in [0.717, 1.165) is 29.1 Å². The van der Waals surface area contributed by atoms with E-state index in [1.807, 2.05) is 12.2 Å². The molecule has 166 valence electrons. The van der Waals surface area contributed by atoms with Crippen molar-refractivity contribution in [3.63, 3.8) is 0 Å². The van der Waals surface area contributed by atoms with Gasteiger partial charge in [-0.3, -0.25) is 0 Å². The van der Waals surface area contributed by atoms with Crippen LogP contribution in [-0.4, -0.2) is 17.2 Å². The number of carboxylic acids is 1. The predicted octanol–water partition coefficient (Wildman–Crippen LogP) is 6.93. The van der Waals surface area contributed by atoms with Crippen LogP contribution in [0.1, 0.15) is 77.3 Å². The van der Waals surface area contributed by atoms with Gasteiger partial charge < -0.3 is 9.84 Å². The third-order valence-electron chi connectivity index (χ3n) is 7.46. The molecule has 4 fully saturated rings. The largest absolute Gasteiger partial charge is 0.491 e. The zero-order valence-corrected chi connectivity index (χ0v) is 19.4. The average Bonchev–Trinajstić information content (AvgIpc) is 2.66. The lowest BCUT2D eigenvalue weighted by atomic mass is 9.48. The first kappa shape index (κ1) is 21.9. The van der Waals surface area contributed by atoms with Gasteiger partial charge >= 0.3 is 5.97 Å². The molecular weight excluding hydrogens is 384 g/mol. The van der Waals surface area contributed by atoms with E-state index in [-0.39, 0.29) is 11.5 Å². The Bertz CT molecular complexity index is 896. The molecule has 0 saturated heterocycles. The van der Waals surface area contributed by atoms with Gasteiger partial charge in [-0.05, 0) is 118 Å². The highest BCUT2D eigenvalue weighted by Gasteiger charge is 2.52. The van der Waals surface area contributed by atoms with Gasteiger partial charge in [0.25, 0.3) is 0 Å². The topological polar surface area (TPSA) is 46.5 Å². The molecule has 4 bridgehead atoms. The summed E-state index contributed by atoms with van der Waals surface area (Å²) in [5.41, 5.74) is 4.85. The highest BCUT2D eigenvalue weighted by atomic mass is 16.5. The van der Waals surface area contributed by atoms with E-state index >= 15 is 0 Å². The molecule has 1 aromatic carbocycles. The number of carbonyl (C=O) groups is 1. The second kappa shape index (κ2) is 8.68. The molecule has 0 radical (unpaired) electrons. The second-order valence-corrected chi connectivity index (χ2v) is 10.5. The van der Waals surface area contributed by atoms with Crippen molar-refractivity contribution in [2.45, 2.75) is 77.7 Å². The number of rotatable bonds is 7. The number of aliphatic carboxylic acids is 1. The van der Waals surface area contributed by atoms with Gasteiger partial charge in [-0.2, -0.15) is 0 Å². The van der Waals surface area contributed by atoms with E-state index in [1.165, 1.54) is 61.3 Å². The Balaban J connectivity index is 1.66. The summed E-state index contributed by atoms with van der Waals surface area (Å²) >= 11 is 0. The van der Waals surface area contributed by atoms with Crippen molar-refractivity contribution in [3.8, 4) is 5.75 Å². The Morgan fingerprint density at radius 1 is 1.10 bits per heavy atom. The minimum atomic E-state index is -0.913. The molecule has 5 rings (SSSR count). The van der Waals surface area contributed by atoms with E-state index in [1.54, 1.807) is 6.92 Å². The van der Waals surface area contributed by atoms with Gasteiger partial charge in [0.1, 0.15) is 5.75 Å². The van der Waals surface area contributed by atoms with Crippen molar-refractivity contribution in [1.29, 1.82) is 0 Å². The molecule has 0 unspecified atom stereocenters. The zero-order chi connectivity index (χ0) is 22.2. The quantitative estimate of drug-likeness (QED) is 0.384. The number of hydrogen-bond donors (Lipinski definition) is 1. The third kappa shape index (κ3) is 4.81.